The molecular weight excluding hydrogens is 204 g/mol. The molecular formula is C11H20CaO2. The van der Waals surface area contributed by atoms with Gasteiger partial charge in [0.25, 0.3) is 0 Å². The predicted octanol–water partition coefficient (Wildman–Crippen LogP) is 2.23. The number of ketones is 2. The molecule has 0 heterocycles. The maximum Gasteiger partial charge on any atom is 0.145 e. The van der Waals surface area contributed by atoms with E-state index in [1.165, 1.54) is 0 Å². The molecule has 3 heteroatoms. The van der Waals surface area contributed by atoms with Gasteiger partial charge in [-0.05, 0) is 0 Å². The van der Waals surface area contributed by atoms with Gasteiger partial charge < -0.3 is 0 Å². The van der Waals surface area contributed by atoms with Gasteiger partial charge in [-0.2, -0.15) is 0 Å². The van der Waals surface area contributed by atoms with Crippen molar-refractivity contribution in [3.8, 4) is 0 Å². The van der Waals surface area contributed by atoms with Gasteiger partial charge in [0, 0.05) is 48.6 Å². The van der Waals surface area contributed by atoms with Crippen molar-refractivity contribution in [1.29, 1.82) is 0 Å². The van der Waals surface area contributed by atoms with Gasteiger partial charge in [-0.3, -0.25) is 9.59 Å². The van der Waals surface area contributed by atoms with Crippen molar-refractivity contribution in [3.05, 3.63) is 0 Å². The molecule has 0 aliphatic rings. The molecule has 0 aliphatic carbocycles. The van der Waals surface area contributed by atoms with Gasteiger partial charge in [0.1, 0.15) is 11.6 Å². The summed E-state index contributed by atoms with van der Waals surface area (Å²) in [6, 6.07) is 0. The summed E-state index contributed by atoms with van der Waals surface area (Å²) >= 11 is 0. The molecule has 0 bridgehead atoms. The first-order valence-corrected chi connectivity index (χ1v) is 4.62. The Morgan fingerprint density at radius 3 is 1.14 bits per heavy atom. The number of carbonyl (C=O) groups excluding carboxylic acids is 2. The predicted molar refractivity (Wildman–Crippen MR) is 59.3 cm³/mol. The van der Waals surface area contributed by atoms with E-state index in [0.29, 0.717) is 0 Å². The third-order valence-electron chi connectivity index (χ3n) is 1.99. The van der Waals surface area contributed by atoms with Crippen LogP contribution >= 0.6 is 0 Å². The fourth-order valence-electron chi connectivity index (χ4n) is 0.676. The molecule has 2 radical (unpaired) electrons. The van der Waals surface area contributed by atoms with Crippen LogP contribution in [0.2, 0.25) is 0 Å². The molecule has 0 aliphatic heterocycles. The van der Waals surface area contributed by atoms with E-state index in [0.717, 1.165) is 0 Å². The number of hydrogen-bond donors (Lipinski definition) is 0. The zero-order valence-corrected chi connectivity index (χ0v) is 12.4. The van der Waals surface area contributed by atoms with Gasteiger partial charge in [0.2, 0.25) is 0 Å². The average molecular weight is 224 g/mol. The van der Waals surface area contributed by atoms with Crippen LogP contribution in [0.3, 0.4) is 0 Å². The Bertz CT molecular complexity index is 194. The Morgan fingerprint density at radius 2 is 1.00 bits per heavy atom. The monoisotopic (exact) mass is 224 g/mol. The quantitative estimate of drug-likeness (QED) is 0.532. The standard InChI is InChI=1S/C11H20O2.Ca/c1-10(2,3)8(12)7-9(13)11(4,5)6;/h7H2,1-6H3;. The molecule has 0 spiro atoms. The molecule has 0 aromatic rings. The van der Waals surface area contributed by atoms with Crippen molar-refractivity contribution in [1.82, 2.24) is 0 Å². The van der Waals surface area contributed by atoms with E-state index in [-0.39, 0.29) is 55.7 Å². The van der Waals surface area contributed by atoms with Crippen LogP contribution in [0, 0.1) is 10.8 Å². The Morgan fingerprint density at radius 1 is 0.786 bits per heavy atom. The van der Waals surface area contributed by atoms with Gasteiger partial charge in [-0.1, -0.05) is 41.5 Å². The number of hydrogen-bond acceptors (Lipinski definition) is 2. The summed E-state index contributed by atoms with van der Waals surface area (Å²) in [6.07, 6.45) is 0.0625. The first-order chi connectivity index (χ1) is 5.55. The van der Waals surface area contributed by atoms with Crippen molar-refractivity contribution in [2.45, 2.75) is 48.0 Å². The molecule has 2 nitrogen and oxygen atoms in total. The fourth-order valence-corrected chi connectivity index (χ4v) is 0.676. The summed E-state index contributed by atoms with van der Waals surface area (Å²) in [5, 5.41) is 0. The first-order valence-electron chi connectivity index (χ1n) is 4.62. The van der Waals surface area contributed by atoms with E-state index in [1.807, 2.05) is 41.5 Å². The van der Waals surface area contributed by atoms with Crippen LogP contribution in [0.15, 0.2) is 0 Å². The molecule has 0 rings (SSSR count). The zero-order chi connectivity index (χ0) is 10.9. The molecule has 78 valence electrons. The van der Waals surface area contributed by atoms with Crippen LogP contribution < -0.4 is 0 Å². The minimum atomic E-state index is -0.402. The number of carbonyl (C=O) groups is 2. The molecule has 0 fully saturated rings. The smallest absolute Gasteiger partial charge is 0.145 e. The fraction of sp³-hybridized carbons (Fsp3) is 0.818. The van der Waals surface area contributed by atoms with Crippen LogP contribution in [0.25, 0.3) is 0 Å². The third kappa shape index (κ3) is 6.15. The Labute approximate surface area is 117 Å². The Hall–Kier alpha value is 0.600. The number of rotatable bonds is 2. The van der Waals surface area contributed by atoms with E-state index < -0.39 is 10.8 Å². The van der Waals surface area contributed by atoms with E-state index in [4.69, 9.17) is 0 Å². The summed E-state index contributed by atoms with van der Waals surface area (Å²) in [5.74, 6) is 0.0415. The van der Waals surface area contributed by atoms with Gasteiger partial charge in [0.15, 0.2) is 0 Å². The summed E-state index contributed by atoms with van der Waals surface area (Å²) in [6.45, 7) is 11.0. The average Bonchev–Trinajstić information content (AvgIpc) is 1.82. The van der Waals surface area contributed by atoms with Crippen LogP contribution in [-0.2, 0) is 9.59 Å². The summed E-state index contributed by atoms with van der Waals surface area (Å²) in [4.78, 5) is 23.0. The molecule has 0 N–H and O–H groups in total. The van der Waals surface area contributed by atoms with Gasteiger partial charge in [-0.25, -0.2) is 0 Å². The Balaban J connectivity index is 0. The molecule has 0 unspecified atom stereocenters. The van der Waals surface area contributed by atoms with Crippen LogP contribution in [0.4, 0.5) is 0 Å². The van der Waals surface area contributed by atoms with Crippen LogP contribution in [-0.4, -0.2) is 49.3 Å². The molecule has 0 saturated heterocycles. The minimum absolute atomic E-state index is 0. The minimum Gasteiger partial charge on any atom is -0.299 e. The van der Waals surface area contributed by atoms with Crippen LogP contribution in [0.5, 0.6) is 0 Å². The molecule has 0 atom stereocenters. The summed E-state index contributed by atoms with van der Waals surface area (Å²) in [5.41, 5.74) is -0.804. The van der Waals surface area contributed by atoms with Crippen molar-refractivity contribution in [3.63, 3.8) is 0 Å². The topological polar surface area (TPSA) is 34.1 Å². The van der Waals surface area contributed by atoms with E-state index in [1.54, 1.807) is 0 Å². The molecule has 0 amide bonds. The Kier molecular flexibility index (Phi) is 6.83. The molecule has 0 saturated carbocycles. The molecule has 14 heavy (non-hydrogen) atoms. The molecule has 0 aromatic carbocycles. The van der Waals surface area contributed by atoms with Crippen molar-refractivity contribution in [2.75, 3.05) is 0 Å². The van der Waals surface area contributed by atoms with E-state index in [2.05, 4.69) is 0 Å². The maximum absolute atomic E-state index is 11.5. The van der Waals surface area contributed by atoms with Crippen molar-refractivity contribution < 1.29 is 9.59 Å². The SMILES string of the molecule is CC(C)(C)C(=O)CC(=O)C(C)(C)C.[Ca]. The zero-order valence-electron chi connectivity index (χ0n) is 10.2. The van der Waals surface area contributed by atoms with Crippen molar-refractivity contribution in [2.24, 2.45) is 10.8 Å². The van der Waals surface area contributed by atoms with Gasteiger partial charge in [-0.15, -0.1) is 0 Å². The number of Topliss-reactive ketones (excluding diaryl/α,β-unsaturated/α-hetero) is 2. The largest absolute Gasteiger partial charge is 0.299 e. The van der Waals surface area contributed by atoms with Gasteiger partial charge >= 0.3 is 0 Å². The second-order valence-corrected chi connectivity index (χ2v) is 5.52. The van der Waals surface area contributed by atoms with Gasteiger partial charge in [0.05, 0.1) is 6.42 Å². The summed E-state index contributed by atoms with van der Waals surface area (Å²) < 4.78 is 0. The first kappa shape index (κ1) is 17.0. The third-order valence-corrected chi connectivity index (χ3v) is 1.99. The molecule has 0 aromatic heterocycles. The maximum atomic E-state index is 11.5. The van der Waals surface area contributed by atoms with Crippen molar-refractivity contribution >= 4 is 49.3 Å². The van der Waals surface area contributed by atoms with E-state index >= 15 is 0 Å². The van der Waals surface area contributed by atoms with Crippen LogP contribution in [0.1, 0.15) is 48.0 Å². The second kappa shape index (κ2) is 5.62. The normalized spacial score (nSPS) is 11.9. The van der Waals surface area contributed by atoms with E-state index in [9.17, 15) is 9.59 Å². The summed E-state index contributed by atoms with van der Waals surface area (Å²) in [7, 11) is 0. The second-order valence-electron chi connectivity index (χ2n) is 5.52.